The van der Waals surface area contributed by atoms with Gasteiger partial charge in [-0.05, 0) is 26.0 Å². The lowest BCUT2D eigenvalue weighted by molar-refractivity contribution is -0.143. The Morgan fingerprint density at radius 2 is 2.12 bits per heavy atom. The lowest BCUT2D eigenvalue weighted by Gasteiger charge is -2.20. The van der Waals surface area contributed by atoms with E-state index in [2.05, 4.69) is 11.2 Å². The average molecular weight is 237 g/mol. The van der Waals surface area contributed by atoms with Crippen LogP contribution in [0.5, 0.6) is 0 Å². The number of nitrogens with one attached hydrogen (secondary N) is 1. The van der Waals surface area contributed by atoms with Gasteiger partial charge in [-0.1, -0.05) is 5.92 Å². The molecule has 4 nitrogen and oxygen atoms in total. The largest absolute Gasteiger partial charge is 0.480 e. The Morgan fingerprint density at radius 3 is 2.56 bits per heavy atom. The summed E-state index contributed by atoms with van der Waals surface area (Å²) in [7, 11) is 0. The summed E-state index contributed by atoms with van der Waals surface area (Å²) in [6.45, 7) is 2.84. The third kappa shape index (κ3) is 2.61. The number of amides is 1. The lowest BCUT2D eigenvalue weighted by atomic mass is 10.1. The molecule has 0 aromatic carbocycles. The van der Waals surface area contributed by atoms with E-state index in [1.165, 1.54) is 13.8 Å². The molecule has 84 valence electrons. The number of carboxylic acid groups (broad SMARTS) is 1. The Hall–Kier alpha value is -1.80. The summed E-state index contributed by atoms with van der Waals surface area (Å²) in [6, 6.07) is 3.22. The highest BCUT2D eigenvalue weighted by Gasteiger charge is 2.29. The number of aliphatic carboxylic acids is 1. The molecule has 0 aliphatic heterocycles. The minimum atomic E-state index is -1.29. The standard InChI is InChI=1S/C11H11NO3S/c1-4-7-5-6-8(16-7)9(13)12-11(2,3)10(14)15/h1,5-6H,2-3H3,(H,12,13)(H,14,15). The van der Waals surface area contributed by atoms with Gasteiger partial charge in [-0.2, -0.15) is 0 Å². The minimum Gasteiger partial charge on any atom is -0.480 e. The van der Waals surface area contributed by atoms with Crippen LogP contribution < -0.4 is 5.32 Å². The predicted octanol–water partition coefficient (Wildman–Crippen LogP) is 1.32. The molecule has 0 atom stereocenters. The number of terminal acetylenes is 1. The third-order valence-corrected chi connectivity index (χ3v) is 2.95. The van der Waals surface area contributed by atoms with Crippen LogP contribution in [-0.2, 0) is 4.79 Å². The molecular formula is C11H11NO3S. The molecule has 1 aromatic heterocycles. The number of carbonyl (C=O) groups excluding carboxylic acids is 1. The van der Waals surface area contributed by atoms with Crippen LogP contribution >= 0.6 is 11.3 Å². The topological polar surface area (TPSA) is 66.4 Å². The van der Waals surface area contributed by atoms with Gasteiger partial charge in [0.1, 0.15) is 5.54 Å². The lowest BCUT2D eigenvalue weighted by Crippen LogP contribution is -2.49. The number of hydrogen-bond acceptors (Lipinski definition) is 3. The Kier molecular flexibility index (Phi) is 3.35. The van der Waals surface area contributed by atoms with Gasteiger partial charge in [-0.3, -0.25) is 4.79 Å². The molecule has 1 heterocycles. The van der Waals surface area contributed by atoms with Crippen molar-refractivity contribution in [2.75, 3.05) is 0 Å². The summed E-state index contributed by atoms with van der Waals surface area (Å²) < 4.78 is 0. The number of carboxylic acids is 1. The highest BCUT2D eigenvalue weighted by molar-refractivity contribution is 7.14. The molecule has 5 heteroatoms. The van der Waals surface area contributed by atoms with Crippen LogP contribution in [0.1, 0.15) is 28.4 Å². The van der Waals surface area contributed by atoms with Gasteiger partial charge in [-0.25, -0.2) is 4.79 Å². The zero-order valence-corrected chi connectivity index (χ0v) is 9.72. The second kappa shape index (κ2) is 4.37. The number of rotatable bonds is 3. The van der Waals surface area contributed by atoms with E-state index in [0.717, 1.165) is 11.3 Å². The molecule has 0 saturated heterocycles. The van der Waals surface area contributed by atoms with E-state index in [9.17, 15) is 9.59 Å². The number of carbonyl (C=O) groups is 2. The van der Waals surface area contributed by atoms with Gasteiger partial charge in [0.05, 0.1) is 9.75 Å². The molecule has 2 N–H and O–H groups in total. The van der Waals surface area contributed by atoms with Gasteiger partial charge in [0.25, 0.3) is 5.91 Å². The highest BCUT2D eigenvalue weighted by atomic mass is 32.1. The van der Waals surface area contributed by atoms with E-state index < -0.39 is 17.4 Å². The fraction of sp³-hybridized carbons (Fsp3) is 0.273. The van der Waals surface area contributed by atoms with Crippen LogP contribution in [0, 0.1) is 12.3 Å². The molecule has 0 radical (unpaired) electrons. The van der Waals surface area contributed by atoms with E-state index >= 15 is 0 Å². The van der Waals surface area contributed by atoms with Crippen molar-refractivity contribution >= 4 is 23.2 Å². The van der Waals surface area contributed by atoms with Gasteiger partial charge in [0.2, 0.25) is 0 Å². The van der Waals surface area contributed by atoms with Crippen LogP contribution in [0.15, 0.2) is 12.1 Å². The zero-order chi connectivity index (χ0) is 12.3. The zero-order valence-electron chi connectivity index (χ0n) is 8.90. The van der Waals surface area contributed by atoms with Crippen molar-refractivity contribution in [1.82, 2.24) is 5.32 Å². The summed E-state index contributed by atoms with van der Waals surface area (Å²) >= 11 is 1.15. The van der Waals surface area contributed by atoms with E-state index in [1.54, 1.807) is 12.1 Å². The van der Waals surface area contributed by atoms with Gasteiger partial charge < -0.3 is 10.4 Å². The van der Waals surface area contributed by atoms with Crippen LogP contribution in [0.4, 0.5) is 0 Å². The van der Waals surface area contributed by atoms with Crippen molar-refractivity contribution in [3.05, 3.63) is 21.9 Å². The Bertz CT molecular complexity index is 468. The van der Waals surface area contributed by atoms with E-state index in [-0.39, 0.29) is 0 Å². The smallest absolute Gasteiger partial charge is 0.328 e. The first-order valence-corrected chi connectivity index (χ1v) is 5.31. The quantitative estimate of drug-likeness (QED) is 0.779. The van der Waals surface area contributed by atoms with Crippen molar-refractivity contribution in [2.24, 2.45) is 0 Å². The fourth-order valence-electron chi connectivity index (χ4n) is 0.936. The highest BCUT2D eigenvalue weighted by Crippen LogP contribution is 2.16. The maximum atomic E-state index is 11.7. The van der Waals surface area contributed by atoms with Gasteiger partial charge in [0, 0.05) is 0 Å². The first-order chi connectivity index (χ1) is 7.36. The molecule has 0 aliphatic rings. The van der Waals surface area contributed by atoms with Crippen molar-refractivity contribution in [1.29, 1.82) is 0 Å². The van der Waals surface area contributed by atoms with Crippen molar-refractivity contribution in [2.45, 2.75) is 19.4 Å². The normalized spacial score (nSPS) is 10.6. The maximum absolute atomic E-state index is 11.7. The molecule has 1 rings (SSSR count). The summed E-state index contributed by atoms with van der Waals surface area (Å²) in [5, 5.41) is 11.3. The van der Waals surface area contributed by atoms with E-state index in [0.29, 0.717) is 9.75 Å². The minimum absolute atomic E-state index is 0.405. The van der Waals surface area contributed by atoms with Gasteiger partial charge in [0.15, 0.2) is 0 Å². The van der Waals surface area contributed by atoms with Crippen LogP contribution in [0.25, 0.3) is 0 Å². The molecule has 1 aromatic rings. The molecule has 1 amide bonds. The van der Waals surface area contributed by atoms with Crippen molar-refractivity contribution < 1.29 is 14.7 Å². The van der Waals surface area contributed by atoms with Crippen LogP contribution in [0.2, 0.25) is 0 Å². The van der Waals surface area contributed by atoms with Gasteiger partial charge >= 0.3 is 5.97 Å². The van der Waals surface area contributed by atoms with Crippen LogP contribution in [-0.4, -0.2) is 22.5 Å². The predicted molar refractivity (Wildman–Crippen MR) is 61.4 cm³/mol. The van der Waals surface area contributed by atoms with Gasteiger partial charge in [-0.15, -0.1) is 17.8 Å². The Labute approximate surface area is 97.3 Å². The third-order valence-electron chi connectivity index (χ3n) is 1.93. The number of hydrogen-bond donors (Lipinski definition) is 2. The first-order valence-electron chi connectivity index (χ1n) is 4.49. The molecule has 0 fully saturated rings. The first kappa shape index (κ1) is 12.3. The Morgan fingerprint density at radius 1 is 1.50 bits per heavy atom. The van der Waals surface area contributed by atoms with Crippen molar-refractivity contribution in [3.63, 3.8) is 0 Å². The summed E-state index contributed by atoms with van der Waals surface area (Å²) in [6.07, 6.45) is 5.17. The summed E-state index contributed by atoms with van der Waals surface area (Å²) in [5.74, 6) is 0.890. The van der Waals surface area contributed by atoms with E-state index in [4.69, 9.17) is 11.5 Å². The molecule has 0 saturated carbocycles. The monoisotopic (exact) mass is 237 g/mol. The summed E-state index contributed by atoms with van der Waals surface area (Å²) in [5.41, 5.74) is -1.29. The molecule has 0 unspecified atom stereocenters. The second-order valence-electron chi connectivity index (χ2n) is 3.69. The molecule has 0 bridgehead atoms. The van der Waals surface area contributed by atoms with Crippen LogP contribution in [0.3, 0.4) is 0 Å². The molecule has 0 spiro atoms. The maximum Gasteiger partial charge on any atom is 0.328 e. The summed E-state index contributed by atoms with van der Waals surface area (Å²) in [4.78, 5) is 23.5. The molecule has 16 heavy (non-hydrogen) atoms. The van der Waals surface area contributed by atoms with Crippen molar-refractivity contribution in [3.8, 4) is 12.3 Å². The number of thiophene rings is 1. The Balaban J connectivity index is 2.81. The molecular weight excluding hydrogens is 226 g/mol. The fourth-order valence-corrected chi connectivity index (χ4v) is 1.65. The van der Waals surface area contributed by atoms with E-state index in [1.807, 2.05) is 0 Å². The average Bonchev–Trinajstić information content (AvgIpc) is 2.64. The molecule has 0 aliphatic carbocycles. The SMILES string of the molecule is C#Cc1ccc(C(=O)NC(C)(C)C(=O)O)s1. The second-order valence-corrected chi connectivity index (χ2v) is 4.78.